The third-order valence-corrected chi connectivity index (χ3v) is 5.35. The van der Waals surface area contributed by atoms with Crippen LogP contribution < -0.4 is 22.1 Å². The van der Waals surface area contributed by atoms with Crippen LogP contribution in [0, 0.1) is 5.92 Å². The van der Waals surface area contributed by atoms with E-state index in [0.29, 0.717) is 38.6 Å². The van der Waals surface area contributed by atoms with Gasteiger partial charge in [-0.2, -0.15) is 0 Å². The molecule has 3 atom stereocenters. The Kier molecular flexibility index (Phi) is 9.67. The fraction of sp³-hybridized carbons (Fsp3) is 0.522. The third kappa shape index (κ3) is 7.35. The second kappa shape index (κ2) is 12.2. The van der Waals surface area contributed by atoms with Gasteiger partial charge in [0.05, 0.1) is 6.04 Å². The molecule has 0 aliphatic carbocycles. The Bertz CT molecular complexity index is 911. The van der Waals surface area contributed by atoms with Crippen LogP contribution in [0.3, 0.4) is 0 Å². The molecule has 0 aliphatic rings. The van der Waals surface area contributed by atoms with Crippen molar-refractivity contribution < 1.29 is 19.5 Å². The van der Waals surface area contributed by atoms with E-state index >= 15 is 0 Å². The van der Waals surface area contributed by atoms with Crippen molar-refractivity contribution in [1.82, 2.24) is 15.6 Å². The Labute approximate surface area is 188 Å². The summed E-state index contributed by atoms with van der Waals surface area (Å²) in [6, 6.07) is 4.98. The van der Waals surface area contributed by atoms with Gasteiger partial charge in [-0.15, -0.1) is 0 Å². The smallest absolute Gasteiger partial charge is 0.326 e. The second-order valence-corrected chi connectivity index (χ2v) is 8.54. The minimum atomic E-state index is -1.10. The van der Waals surface area contributed by atoms with Crippen molar-refractivity contribution in [3.05, 3.63) is 36.0 Å². The molecule has 0 saturated carbocycles. The molecule has 1 heterocycles. The first-order valence-electron chi connectivity index (χ1n) is 11.1. The van der Waals surface area contributed by atoms with Gasteiger partial charge in [0.15, 0.2) is 0 Å². The maximum atomic E-state index is 12.8. The zero-order valence-corrected chi connectivity index (χ0v) is 18.8. The Balaban J connectivity index is 2.05. The lowest BCUT2D eigenvalue weighted by molar-refractivity contribution is -0.142. The second-order valence-electron chi connectivity index (χ2n) is 8.54. The molecule has 1 aromatic heterocycles. The van der Waals surface area contributed by atoms with Crippen LogP contribution in [0.2, 0.25) is 0 Å². The molecule has 2 rings (SSSR count). The van der Waals surface area contributed by atoms with E-state index in [1.54, 1.807) is 0 Å². The average molecular weight is 446 g/mol. The summed E-state index contributed by atoms with van der Waals surface area (Å²) in [6.45, 7) is 4.23. The normalized spacial score (nSPS) is 14.2. The lowest BCUT2D eigenvalue weighted by Crippen LogP contribution is -2.55. The number of carbonyl (C=O) groups is 3. The molecule has 9 nitrogen and oxygen atoms in total. The number of hydrogen-bond donors (Lipinski definition) is 6. The number of aromatic amines is 1. The maximum absolute atomic E-state index is 12.8. The van der Waals surface area contributed by atoms with Crippen LogP contribution in [0.1, 0.15) is 45.1 Å². The molecule has 9 heteroatoms. The van der Waals surface area contributed by atoms with E-state index in [9.17, 15) is 19.5 Å². The van der Waals surface area contributed by atoms with Gasteiger partial charge in [-0.1, -0.05) is 32.0 Å². The number of aliphatic carboxylic acids is 1. The van der Waals surface area contributed by atoms with Crippen LogP contribution in [-0.4, -0.2) is 52.5 Å². The molecule has 1 aromatic carbocycles. The molecular weight excluding hydrogens is 410 g/mol. The topological polar surface area (TPSA) is 163 Å². The molecule has 32 heavy (non-hydrogen) atoms. The number of para-hydroxylation sites is 1. The predicted octanol–water partition coefficient (Wildman–Crippen LogP) is 1.27. The zero-order valence-electron chi connectivity index (χ0n) is 18.8. The number of H-pyrrole nitrogens is 1. The van der Waals surface area contributed by atoms with Crippen LogP contribution in [0.5, 0.6) is 0 Å². The van der Waals surface area contributed by atoms with Crippen LogP contribution in [-0.2, 0) is 20.8 Å². The summed E-state index contributed by atoms with van der Waals surface area (Å²) in [5.41, 5.74) is 13.6. The minimum absolute atomic E-state index is 0.0891. The van der Waals surface area contributed by atoms with Gasteiger partial charge in [-0.25, -0.2) is 4.79 Å². The van der Waals surface area contributed by atoms with E-state index in [4.69, 9.17) is 11.5 Å². The highest BCUT2D eigenvalue weighted by molar-refractivity contribution is 5.92. The quantitative estimate of drug-likeness (QED) is 0.254. The van der Waals surface area contributed by atoms with Crippen LogP contribution >= 0.6 is 0 Å². The SMILES string of the molecule is CC(C)CC(NC(=O)C(CCCCN)NC(=O)C(N)Cc1c[nH]c2ccccc12)C(=O)O. The molecule has 2 aromatic rings. The van der Waals surface area contributed by atoms with E-state index < -0.39 is 35.9 Å². The highest BCUT2D eigenvalue weighted by Gasteiger charge is 2.28. The van der Waals surface area contributed by atoms with Crippen LogP contribution in [0.15, 0.2) is 30.5 Å². The number of benzene rings is 1. The standard InChI is InChI=1S/C23H35N5O4/c1-14(2)11-20(23(31)32)28-22(30)19(9-5-6-10-24)27-21(29)17(25)12-15-13-26-18-8-4-3-7-16(15)18/h3-4,7-8,13-14,17,19-20,26H,5-6,9-12,24-25H2,1-2H3,(H,27,29)(H,28,30)(H,31,32). The summed E-state index contributed by atoms with van der Waals surface area (Å²) < 4.78 is 0. The van der Waals surface area contributed by atoms with Crippen molar-refractivity contribution in [3.63, 3.8) is 0 Å². The summed E-state index contributed by atoms with van der Waals surface area (Å²) in [6.07, 6.45) is 4.09. The van der Waals surface area contributed by atoms with Crippen molar-refractivity contribution in [2.45, 2.75) is 64.1 Å². The number of rotatable bonds is 13. The lowest BCUT2D eigenvalue weighted by atomic mass is 10.0. The molecule has 0 bridgehead atoms. The summed E-state index contributed by atoms with van der Waals surface area (Å²) in [4.78, 5) is 40.3. The van der Waals surface area contributed by atoms with E-state index in [-0.39, 0.29) is 5.92 Å². The Morgan fingerprint density at radius 2 is 1.75 bits per heavy atom. The van der Waals surface area contributed by atoms with E-state index in [1.165, 1.54) is 0 Å². The fourth-order valence-electron chi connectivity index (χ4n) is 3.64. The number of nitrogens with two attached hydrogens (primary N) is 2. The molecule has 0 spiro atoms. The van der Waals surface area contributed by atoms with Crippen molar-refractivity contribution in [1.29, 1.82) is 0 Å². The highest BCUT2D eigenvalue weighted by Crippen LogP contribution is 2.19. The van der Waals surface area contributed by atoms with E-state index in [0.717, 1.165) is 16.5 Å². The van der Waals surface area contributed by atoms with Gasteiger partial charge in [0.2, 0.25) is 11.8 Å². The first-order valence-corrected chi connectivity index (χ1v) is 11.1. The number of aromatic nitrogens is 1. The van der Waals surface area contributed by atoms with Crippen LogP contribution in [0.25, 0.3) is 10.9 Å². The van der Waals surface area contributed by atoms with Crippen molar-refractivity contribution in [2.24, 2.45) is 17.4 Å². The molecule has 0 aliphatic heterocycles. The molecule has 0 saturated heterocycles. The highest BCUT2D eigenvalue weighted by atomic mass is 16.4. The summed E-state index contributed by atoms with van der Waals surface area (Å²) in [7, 11) is 0. The number of amides is 2. The van der Waals surface area contributed by atoms with E-state index in [1.807, 2.05) is 44.3 Å². The van der Waals surface area contributed by atoms with Gasteiger partial charge in [0, 0.05) is 17.1 Å². The number of hydrogen-bond acceptors (Lipinski definition) is 5. The summed E-state index contributed by atoms with van der Waals surface area (Å²) >= 11 is 0. The van der Waals surface area contributed by atoms with Crippen molar-refractivity contribution in [3.8, 4) is 0 Å². The van der Waals surface area contributed by atoms with Crippen LogP contribution in [0.4, 0.5) is 0 Å². The molecule has 2 amide bonds. The van der Waals surface area contributed by atoms with Gasteiger partial charge >= 0.3 is 5.97 Å². The van der Waals surface area contributed by atoms with Gasteiger partial charge < -0.3 is 32.2 Å². The molecule has 3 unspecified atom stereocenters. The van der Waals surface area contributed by atoms with Crippen molar-refractivity contribution in [2.75, 3.05) is 6.54 Å². The first kappa shape index (κ1) is 25.4. The molecule has 0 radical (unpaired) electrons. The molecule has 8 N–H and O–H groups in total. The number of nitrogens with one attached hydrogen (secondary N) is 3. The molecule has 0 fully saturated rings. The Morgan fingerprint density at radius 3 is 2.41 bits per heavy atom. The molecular formula is C23H35N5O4. The number of carbonyl (C=O) groups excluding carboxylic acids is 2. The third-order valence-electron chi connectivity index (χ3n) is 5.35. The first-order chi connectivity index (χ1) is 15.2. The van der Waals surface area contributed by atoms with Gasteiger partial charge in [0.1, 0.15) is 12.1 Å². The largest absolute Gasteiger partial charge is 0.480 e. The lowest BCUT2D eigenvalue weighted by Gasteiger charge is -2.23. The monoisotopic (exact) mass is 445 g/mol. The van der Waals surface area contributed by atoms with Gasteiger partial charge in [-0.05, 0) is 56.2 Å². The number of unbranched alkanes of at least 4 members (excludes halogenated alkanes) is 1. The molecule has 176 valence electrons. The Hall–Kier alpha value is -2.91. The average Bonchev–Trinajstić information content (AvgIpc) is 3.15. The maximum Gasteiger partial charge on any atom is 0.326 e. The minimum Gasteiger partial charge on any atom is -0.480 e. The van der Waals surface area contributed by atoms with Gasteiger partial charge in [0.25, 0.3) is 0 Å². The number of fused-ring (bicyclic) bond motifs is 1. The summed E-state index contributed by atoms with van der Waals surface area (Å²) in [5, 5.41) is 15.7. The fourth-order valence-corrected chi connectivity index (χ4v) is 3.64. The summed E-state index contributed by atoms with van der Waals surface area (Å²) in [5.74, 6) is -2.00. The number of carboxylic acids is 1. The Morgan fingerprint density at radius 1 is 1.06 bits per heavy atom. The van der Waals surface area contributed by atoms with Gasteiger partial charge in [-0.3, -0.25) is 9.59 Å². The van der Waals surface area contributed by atoms with E-state index in [2.05, 4.69) is 15.6 Å². The zero-order chi connectivity index (χ0) is 23.7. The van der Waals surface area contributed by atoms with Crippen molar-refractivity contribution >= 4 is 28.7 Å². The predicted molar refractivity (Wildman–Crippen MR) is 124 cm³/mol. The number of carboxylic acid groups (broad SMARTS) is 1.